The van der Waals surface area contributed by atoms with Crippen LogP contribution in [0.3, 0.4) is 0 Å². The van der Waals surface area contributed by atoms with Crippen molar-refractivity contribution in [2.24, 2.45) is 5.92 Å². The highest BCUT2D eigenvalue weighted by molar-refractivity contribution is 14.1. The van der Waals surface area contributed by atoms with E-state index in [1.807, 2.05) is 0 Å². The van der Waals surface area contributed by atoms with Gasteiger partial charge in [0.1, 0.15) is 0 Å². The standard InChI is InChI=1S/C12H13IN2S/c1-7-4-9(5-7)15-11-3-2-8(13)6-10(11)14-12(15)16/h2-3,6-7,9H,4-5H2,1H3,(H,14,16). The first-order valence-corrected chi connectivity index (χ1v) is 7.03. The highest BCUT2D eigenvalue weighted by Crippen LogP contribution is 2.39. The second kappa shape index (κ2) is 3.84. The molecule has 1 heterocycles. The molecule has 1 aromatic carbocycles. The predicted octanol–water partition coefficient (Wildman–Crippen LogP) is 4.27. The van der Waals surface area contributed by atoms with E-state index in [0.29, 0.717) is 6.04 Å². The average molecular weight is 344 g/mol. The Balaban J connectivity index is 2.17. The minimum absolute atomic E-state index is 0.608. The average Bonchev–Trinajstić information content (AvgIpc) is 2.48. The van der Waals surface area contributed by atoms with E-state index in [0.717, 1.165) is 16.2 Å². The summed E-state index contributed by atoms with van der Waals surface area (Å²) in [5, 5.41) is 0. The van der Waals surface area contributed by atoms with Crippen LogP contribution in [0.4, 0.5) is 0 Å². The molecule has 0 spiro atoms. The van der Waals surface area contributed by atoms with E-state index in [2.05, 4.69) is 57.3 Å². The molecule has 0 amide bonds. The van der Waals surface area contributed by atoms with E-state index in [9.17, 15) is 0 Å². The molecule has 0 aliphatic heterocycles. The number of fused-ring (bicyclic) bond motifs is 1. The smallest absolute Gasteiger partial charge is 0.178 e. The molecule has 2 nitrogen and oxygen atoms in total. The van der Waals surface area contributed by atoms with E-state index in [4.69, 9.17) is 12.2 Å². The van der Waals surface area contributed by atoms with E-state index in [1.54, 1.807) is 0 Å². The number of H-pyrrole nitrogens is 1. The van der Waals surface area contributed by atoms with Crippen LogP contribution >= 0.6 is 34.8 Å². The molecule has 1 saturated carbocycles. The van der Waals surface area contributed by atoms with E-state index >= 15 is 0 Å². The molecule has 4 heteroatoms. The van der Waals surface area contributed by atoms with Gasteiger partial charge in [-0.25, -0.2) is 0 Å². The maximum Gasteiger partial charge on any atom is 0.178 e. The zero-order valence-corrected chi connectivity index (χ0v) is 12.0. The number of imidazole rings is 1. The second-order valence-corrected chi connectivity index (χ2v) is 6.32. The van der Waals surface area contributed by atoms with Crippen molar-refractivity contribution in [1.29, 1.82) is 0 Å². The highest BCUT2D eigenvalue weighted by Gasteiger charge is 2.28. The van der Waals surface area contributed by atoms with Crippen molar-refractivity contribution in [3.63, 3.8) is 0 Å². The van der Waals surface area contributed by atoms with Gasteiger partial charge in [-0.3, -0.25) is 0 Å². The fourth-order valence-electron chi connectivity index (χ4n) is 2.54. The summed E-state index contributed by atoms with van der Waals surface area (Å²) >= 11 is 7.75. The summed E-state index contributed by atoms with van der Waals surface area (Å²) in [6, 6.07) is 7.08. The molecule has 16 heavy (non-hydrogen) atoms. The Bertz CT molecular complexity index is 593. The molecule has 1 aliphatic rings. The van der Waals surface area contributed by atoms with Gasteiger partial charge in [-0.2, -0.15) is 0 Å². The number of aromatic amines is 1. The second-order valence-electron chi connectivity index (χ2n) is 4.69. The van der Waals surface area contributed by atoms with Crippen LogP contribution in [0.5, 0.6) is 0 Å². The molecular formula is C12H13IN2S. The summed E-state index contributed by atoms with van der Waals surface area (Å²) in [7, 11) is 0. The van der Waals surface area contributed by atoms with Crippen molar-refractivity contribution < 1.29 is 0 Å². The topological polar surface area (TPSA) is 20.7 Å². The fraction of sp³-hybridized carbons (Fsp3) is 0.417. The van der Waals surface area contributed by atoms with Gasteiger partial charge >= 0.3 is 0 Å². The van der Waals surface area contributed by atoms with Crippen LogP contribution in [0.15, 0.2) is 18.2 Å². The van der Waals surface area contributed by atoms with Gasteiger partial charge in [-0.15, -0.1) is 0 Å². The van der Waals surface area contributed by atoms with Crippen LogP contribution in [0, 0.1) is 14.3 Å². The summed E-state index contributed by atoms with van der Waals surface area (Å²) in [5.41, 5.74) is 2.42. The lowest BCUT2D eigenvalue weighted by Gasteiger charge is -2.34. The SMILES string of the molecule is CC1CC(n2c(=S)[nH]c3cc(I)ccc32)C1. The quantitative estimate of drug-likeness (QED) is 0.605. The number of rotatable bonds is 1. The first kappa shape index (κ1) is 10.8. The van der Waals surface area contributed by atoms with Crippen LogP contribution < -0.4 is 0 Å². The Kier molecular flexibility index (Phi) is 2.58. The third kappa shape index (κ3) is 1.62. The van der Waals surface area contributed by atoms with Gasteiger partial charge in [0.2, 0.25) is 0 Å². The number of hydrogen-bond acceptors (Lipinski definition) is 1. The number of nitrogens with zero attached hydrogens (tertiary/aromatic N) is 1. The van der Waals surface area contributed by atoms with Crippen LogP contribution in [0.1, 0.15) is 25.8 Å². The van der Waals surface area contributed by atoms with Crippen LogP contribution in [0.25, 0.3) is 11.0 Å². The van der Waals surface area contributed by atoms with Crippen LogP contribution in [-0.4, -0.2) is 9.55 Å². The molecular weight excluding hydrogens is 331 g/mol. The Hall–Kier alpha value is -0.360. The van der Waals surface area contributed by atoms with Crippen LogP contribution in [0.2, 0.25) is 0 Å². The monoisotopic (exact) mass is 344 g/mol. The molecule has 0 saturated heterocycles. The van der Waals surface area contributed by atoms with Gasteiger partial charge in [0.05, 0.1) is 11.0 Å². The normalized spacial score (nSPS) is 24.6. The molecule has 1 aliphatic carbocycles. The van der Waals surface area contributed by atoms with Gasteiger partial charge in [-0.1, -0.05) is 6.92 Å². The number of benzene rings is 1. The minimum Gasteiger partial charge on any atom is -0.331 e. The third-order valence-corrected chi connectivity index (χ3v) is 4.36. The Morgan fingerprint density at radius 1 is 1.44 bits per heavy atom. The highest BCUT2D eigenvalue weighted by atomic mass is 127. The minimum atomic E-state index is 0.608. The molecule has 0 bridgehead atoms. The lowest BCUT2D eigenvalue weighted by atomic mass is 9.81. The van der Waals surface area contributed by atoms with Crippen LogP contribution in [-0.2, 0) is 0 Å². The third-order valence-electron chi connectivity index (χ3n) is 3.39. The first-order valence-electron chi connectivity index (χ1n) is 5.55. The lowest BCUT2D eigenvalue weighted by Crippen LogP contribution is -2.24. The van der Waals surface area contributed by atoms with E-state index < -0.39 is 0 Å². The molecule has 1 fully saturated rings. The Morgan fingerprint density at radius 2 is 2.19 bits per heavy atom. The van der Waals surface area contributed by atoms with Gasteiger partial charge < -0.3 is 9.55 Å². The Labute approximate surface area is 113 Å². The predicted molar refractivity (Wildman–Crippen MR) is 77.3 cm³/mol. The molecule has 0 unspecified atom stereocenters. The largest absolute Gasteiger partial charge is 0.331 e. The van der Waals surface area contributed by atoms with Gasteiger partial charge in [0, 0.05) is 9.61 Å². The number of nitrogens with one attached hydrogen (secondary N) is 1. The van der Waals surface area contributed by atoms with Gasteiger partial charge in [0.25, 0.3) is 0 Å². The maximum atomic E-state index is 5.42. The maximum absolute atomic E-state index is 5.42. The van der Waals surface area contributed by atoms with E-state index in [-0.39, 0.29) is 0 Å². The molecule has 0 atom stereocenters. The summed E-state index contributed by atoms with van der Waals surface area (Å²) in [6.45, 7) is 2.30. The fourth-order valence-corrected chi connectivity index (χ4v) is 3.39. The molecule has 1 N–H and O–H groups in total. The van der Waals surface area contributed by atoms with Crippen molar-refractivity contribution in [1.82, 2.24) is 9.55 Å². The first-order chi connectivity index (χ1) is 7.65. The molecule has 3 rings (SSSR count). The zero-order chi connectivity index (χ0) is 11.3. The summed E-state index contributed by atoms with van der Waals surface area (Å²) in [6.07, 6.45) is 2.51. The number of hydrogen-bond donors (Lipinski definition) is 1. The van der Waals surface area contributed by atoms with Gasteiger partial charge in [-0.05, 0) is 71.8 Å². The molecule has 0 radical (unpaired) electrons. The molecule has 84 valence electrons. The van der Waals surface area contributed by atoms with Crippen molar-refractivity contribution in [3.8, 4) is 0 Å². The molecule has 1 aromatic heterocycles. The van der Waals surface area contributed by atoms with Crippen molar-refractivity contribution >= 4 is 45.8 Å². The van der Waals surface area contributed by atoms with Crippen molar-refractivity contribution in [3.05, 3.63) is 26.5 Å². The number of halogens is 1. The van der Waals surface area contributed by atoms with E-state index in [1.165, 1.54) is 21.9 Å². The zero-order valence-electron chi connectivity index (χ0n) is 9.03. The molecule has 2 aromatic rings. The Morgan fingerprint density at radius 3 is 2.88 bits per heavy atom. The summed E-state index contributed by atoms with van der Waals surface area (Å²) in [5.74, 6) is 0.848. The summed E-state index contributed by atoms with van der Waals surface area (Å²) in [4.78, 5) is 3.30. The summed E-state index contributed by atoms with van der Waals surface area (Å²) < 4.78 is 4.41. The lowest BCUT2D eigenvalue weighted by molar-refractivity contribution is 0.219. The van der Waals surface area contributed by atoms with Crippen molar-refractivity contribution in [2.45, 2.75) is 25.8 Å². The van der Waals surface area contributed by atoms with Crippen molar-refractivity contribution in [2.75, 3.05) is 0 Å². The number of aromatic nitrogens is 2. The van der Waals surface area contributed by atoms with Gasteiger partial charge in [0.15, 0.2) is 4.77 Å².